The fourth-order valence-corrected chi connectivity index (χ4v) is 5.06. The molecule has 1 aliphatic heterocycles. The lowest BCUT2D eigenvalue weighted by atomic mass is 9.86. The molecule has 3 heteroatoms. The van der Waals surface area contributed by atoms with Crippen LogP contribution in [-0.4, -0.2) is 36.5 Å². The van der Waals surface area contributed by atoms with Crippen LogP contribution in [0.15, 0.2) is 60.7 Å². The molecule has 35 heavy (non-hydrogen) atoms. The van der Waals surface area contributed by atoms with Crippen molar-refractivity contribution in [3.63, 3.8) is 0 Å². The lowest BCUT2D eigenvalue weighted by molar-refractivity contribution is -0.119. The highest BCUT2D eigenvalue weighted by atomic mass is 16.2. The van der Waals surface area contributed by atoms with E-state index in [4.69, 9.17) is 0 Å². The van der Waals surface area contributed by atoms with Crippen LogP contribution in [0.5, 0.6) is 0 Å². The topological polar surface area (TPSA) is 23.6 Å². The van der Waals surface area contributed by atoms with E-state index in [1.54, 1.807) is 0 Å². The quantitative estimate of drug-likeness (QED) is 0.401. The highest BCUT2D eigenvalue weighted by Gasteiger charge is 2.22. The van der Waals surface area contributed by atoms with Crippen LogP contribution in [0, 0.1) is 5.92 Å². The first-order chi connectivity index (χ1) is 17.1. The summed E-state index contributed by atoms with van der Waals surface area (Å²) in [5.74, 6) is 1.24. The molecule has 0 spiro atoms. The van der Waals surface area contributed by atoms with E-state index < -0.39 is 0 Å². The second-order valence-electron chi connectivity index (χ2n) is 10.1. The van der Waals surface area contributed by atoms with Gasteiger partial charge in [-0.3, -0.25) is 4.79 Å². The van der Waals surface area contributed by atoms with Gasteiger partial charge in [-0.1, -0.05) is 76.2 Å². The first-order valence-corrected chi connectivity index (χ1v) is 14.2. The van der Waals surface area contributed by atoms with Gasteiger partial charge in [0.05, 0.1) is 0 Å². The Labute approximate surface area is 215 Å². The van der Waals surface area contributed by atoms with Crippen LogP contribution in [0.3, 0.4) is 0 Å². The first kappa shape index (κ1) is 29.1. The summed E-state index contributed by atoms with van der Waals surface area (Å²) in [6.07, 6.45) is 12.4. The molecule has 2 aliphatic rings. The number of hydrogen-bond acceptors (Lipinski definition) is 2. The number of piperidine rings is 1. The van der Waals surface area contributed by atoms with Crippen molar-refractivity contribution in [3.05, 3.63) is 66.2 Å². The van der Waals surface area contributed by atoms with E-state index in [1.807, 2.05) is 41.3 Å². The van der Waals surface area contributed by atoms with Crippen LogP contribution in [0.25, 0.3) is 0 Å². The number of anilines is 1. The molecule has 1 aliphatic carbocycles. The number of benzene rings is 2. The maximum atomic E-state index is 11.5. The summed E-state index contributed by atoms with van der Waals surface area (Å²) in [6, 6.07) is 21.3. The average molecular weight is 479 g/mol. The van der Waals surface area contributed by atoms with Gasteiger partial charge in [0.2, 0.25) is 5.91 Å². The van der Waals surface area contributed by atoms with E-state index in [0.717, 1.165) is 43.5 Å². The molecule has 2 aromatic carbocycles. The van der Waals surface area contributed by atoms with Crippen molar-refractivity contribution in [1.29, 1.82) is 0 Å². The normalized spacial score (nSPS) is 19.9. The van der Waals surface area contributed by atoms with Gasteiger partial charge in [0.1, 0.15) is 0 Å². The summed E-state index contributed by atoms with van der Waals surface area (Å²) >= 11 is 0. The van der Waals surface area contributed by atoms with Crippen molar-refractivity contribution < 1.29 is 4.79 Å². The van der Waals surface area contributed by atoms with Crippen molar-refractivity contribution in [1.82, 2.24) is 4.90 Å². The van der Waals surface area contributed by atoms with Crippen molar-refractivity contribution in [2.45, 2.75) is 97.9 Å². The molecule has 0 atom stereocenters. The number of para-hydroxylation sites is 1. The summed E-state index contributed by atoms with van der Waals surface area (Å²) in [4.78, 5) is 16.1. The third-order valence-corrected chi connectivity index (χ3v) is 7.17. The van der Waals surface area contributed by atoms with Gasteiger partial charge in [0.15, 0.2) is 0 Å². The minimum Gasteiger partial charge on any atom is -0.312 e. The minimum absolute atomic E-state index is 0.262. The SMILES string of the molecule is CCCN(CCC)C1CCC(C)CC1.CCc1ccccc1.O=C1CCCCN1c1ccccc1. The largest absolute Gasteiger partial charge is 0.312 e. The highest BCUT2D eigenvalue weighted by Crippen LogP contribution is 2.27. The van der Waals surface area contributed by atoms with Gasteiger partial charge in [-0.2, -0.15) is 0 Å². The van der Waals surface area contributed by atoms with Crippen LogP contribution in [0.4, 0.5) is 5.69 Å². The summed E-state index contributed by atoms with van der Waals surface area (Å²) in [7, 11) is 0. The lowest BCUT2D eigenvalue weighted by Gasteiger charge is -2.35. The maximum absolute atomic E-state index is 11.5. The Bertz CT molecular complexity index is 778. The van der Waals surface area contributed by atoms with Crippen molar-refractivity contribution in [2.24, 2.45) is 5.92 Å². The van der Waals surface area contributed by atoms with Crippen molar-refractivity contribution in [3.8, 4) is 0 Å². The summed E-state index contributed by atoms with van der Waals surface area (Å²) < 4.78 is 0. The number of nitrogens with zero attached hydrogens (tertiary/aromatic N) is 2. The van der Waals surface area contributed by atoms with Gasteiger partial charge in [0, 0.05) is 24.7 Å². The fourth-order valence-electron chi connectivity index (χ4n) is 5.06. The summed E-state index contributed by atoms with van der Waals surface area (Å²) in [5.41, 5.74) is 2.44. The Morgan fingerprint density at radius 2 is 1.37 bits per heavy atom. The van der Waals surface area contributed by atoms with Gasteiger partial charge in [-0.15, -0.1) is 0 Å². The van der Waals surface area contributed by atoms with Gasteiger partial charge in [0.25, 0.3) is 0 Å². The molecular weight excluding hydrogens is 428 g/mol. The summed E-state index contributed by atoms with van der Waals surface area (Å²) in [6.45, 7) is 12.7. The third-order valence-electron chi connectivity index (χ3n) is 7.17. The van der Waals surface area contributed by atoms with Crippen LogP contribution in [0.1, 0.15) is 91.0 Å². The molecule has 0 N–H and O–H groups in total. The Morgan fingerprint density at radius 3 is 1.86 bits per heavy atom. The smallest absolute Gasteiger partial charge is 0.226 e. The molecule has 0 aromatic heterocycles. The van der Waals surface area contributed by atoms with E-state index >= 15 is 0 Å². The lowest BCUT2D eigenvalue weighted by Crippen LogP contribution is -2.38. The van der Waals surface area contributed by atoms with E-state index in [0.29, 0.717) is 6.42 Å². The molecule has 3 nitrogen and oxygen atoms in total. The Hall–Kier alpha value is -2.13. The predicted molar refractivity (Wildman–Crippen MR) is 152 cm³/mol. The zero-order valence-electron chi connectivity index (χ0n) is 22.9. The minimum atomic E-state index is 0.262. The van der Waals surface area contributed by atoms with Gasteiger partial charge in [-0.05, 0) is 94.5 Å². The van der Waals surface area contributed by atoms with Crippen molar-refractivity contribution in [2.75, 3.05) is 24.5 Å². The number of carbonyl (C=O) groups is 1. The predicted octanol–water partition coefficient (Wildman–Crippen LogP) is 8.14. The van der Waals surface area contributed by atoms with Crippen LogP contribution < -0.4 is 4.90 Å². The van der Waals surface area contributed by atoms with Crippen LogP contribution in [0.2, 0.25) is 0 Å². The highest BCUT2D eigenvalue weighted by molar-refractivity contribution is 5.93. The number of rotatable bonds is 7. The van der Waals surface area contributed by atoms with Crippen LogP contribution in [-0.2, 0) is 11.2 Å². The molecule has 4 rings (SSSR count). The fraction of sp³-hybridized carbons (Fsp3) is 0.594. The van der Waals surface area contributed by atoms with Crippen LogP contribution >= 0.6 is 0 Å². The van der Waals surface area contributed by atoms with E-state index in [1.165, 1.54) is 57.2 Å². The van der Waals surface area contributed by atoms with Gasteiger partial charge in [-0.25, -0.2) is 0 Å². The molecule has 1 saturated carbocycles. The molecule has 2 fully saturated rings. The van der Waals surface area contributed by atoms with Gasteiger partial charge < -0.3 is 9.80 Å². The molecular formula is C32H50N2O. The Kier molecular flexibility index (Phi) is 14.4. The number of hydrogen-bond donors (Lipinski definition) is 0. The zero-order valence-corrected chi connectivity index (χ0v) is 22.9. The molecule has 194 valence electrons. The van der Waals surface area contributed by atoms with Gasteiger partial charge >= 0.3 is 0 Å². The molecule has 0 unspecified atom stereocenters. The summed E-state index contributed by atoms with van der Waals surface area (Å²) in [5, 5.41) is 0. The first-order valence-electron chi connectivity index (χ1n) is 14.2. The third kappa shape index (κ3) is 11.0. The second-order valence-corrected chi connectivity index (χ2v) is 10.1. The Balaban J connectivity index is 0.000000192. The number of carbonyl (C=O) groups excluding carboxylic acids is 1. The molecule has 2 aromatic rings. The van der Waals surface area contributed by atoms with E-state index in [9.17, 15) is 4.79 Å². The maximum Gasteiger partial charge on any atom is 0.226 e. The average Bonchev–Trinajstić information content (AvgIpc) is 2.91. The van der Waals surface area contributed by atoms with E-state index in [2.05, 4.69) is 56.9 Å². The number of amides is 1. The molecule has 1 saturated heterocycles. The molecule has 0 bridgehead atoms. The van der Waals surface area contributed by atoms with Crippen molar-refractivity contribution >= 4 is 11.6 Å². The molecule has 1 heterocycles. The molecule has 0 radical (unpaired) electrons. The molecule has 1 amide bonds. The standard InChI is InChI=1S/C13H27N.C11H13NO.C8H10/c1-4-10-14(11-5-2)13-8-6-12(3)7-9-13;13-11-8-4-5-9-12(11)10-6-2-1-3-7-10;1-2-8-6-4-3-5-7-8/h12-13H,4-11H2,1-3H3;1-3,6-7H,4-5,8-9H2;3-7H,2H2,1H3. The second kappa shape index (κ2) is 17.3. The monoisotopic (exact) mass is 478 g/mol. The Morgan fingerprint density at radius 1 is 0.800 bits per heavy atom. The van der Waals surface area contributed by atoms with E-state index in [-0.39, 0.29) is 5.91 Å². The number of aryl methyl sites for hydroxylation is 1. The zero-order chi connectivity index (χ0) is 25.3.